The number of aliphatic carboxylic acids is 1. The summed E-state index contributed by atoms with van der Waals surface area (Å²) in [4.78, 5) is 23.6. The lowest BCUT2D eigenvalue weighted by Crippen LogP contribution is -2.44. The van der Waals surface area contributed by atoms with Crippen LogP contribution in [0.4, 0.5) is 18.0 Å². The Bertz CT molecular complexity index is 1010. The van der Waals surface area contributed by atoms with Crippen molar-refractivity contribution in [1.29, 1.82) is 0 Å². The highest BCUT2D eigenvalue weighted by molar-refractivity contribution is 7.88. The van der Waals surface area contributed by atoms with E-state index in [0.717, 1.165) is 12.1 Å². The van der Waals surface area contributed by atoms with Gasteiger partial charge in [0, 0.05) is 5.92 Å². The van der Waals surface area contributed by atoms with E-state index in [1.165, 1.54) is 19.1 Å². The monoisotopic (exact) mass is 461 g/mol. The number of nitrogens with one attached hydrogen (secondary N) is 1. The zero-order chi connectivity index (χ0) is 23.2. The van der Waals surface area contributed by atoms with E-state index in [4.69, 9.17) is 4.74 Å². The number of carbonyl (C=O) groups excluding carboxylic acids is 1. The van der Waals surface area contributed by atoms with Crippen molar-refractivity contribution in [2.45, 2.75) is 31.0 Å². The highest BCUT2D eigenvalue weighted by atomic mass is 32.2. The quantitative estimate of drug-likeness (QED) is 0.457. The average Bonchev–Trinajstić information content (AvgIpc) is 2.70. The first-order valence-electron chi connectivity index (χ1n) is 8.71. The van der Waals surface area contributed by atoms with Crippen molar-refractivity contribution in [1.82, 2.24) is 5.32 Å². The molecule has 0 fully saturated rings. The van der Waals surface area contributed by atoms with Crippen molar-refractivity contribution in [2.24, 2.45) is 0 Å². The van der Waals surface area contributed by atoms with Gasteiger partial charge in [-0.05, 0) is 23.3 Å². The van der Waals surface area contributed by atoms with Crippen molar-refractivity contribution >= 4 is 22.2 Å². The highest BCUT2D eigenvalue weighted by Gasteiger charge is 2.48. The van der Waals surface area contributed by atoms with Crippen LogP contribution in [-0.4, -0.2) is 37.1 Å². The van der Waals surface area contributed by atoms with E-state index >= 15 is 0 Å². The number of ether oxygens (including phenoxy) is 1. The molecule has 2 aromatic carbocycles. The maximum atomic E-state index is 12.4. The number of rotatable bonds is 8. The van der Waals surface area contributed by atoms with Gasteiger partial charge in [0.05, 0.1) is 0 Å². The molecule has 0 heterocycles. The average molecular weight is 461 g/mol. The Hall–Kier alpha value is -3.28. The van der Waals surface area contributed by atoms with Gasteiger partial charge < -0.3 is 19.3 Å². The standard InChI is InChI=1S/C19H18F3NO7S/c1-12(14-7-9-15(10-8-14)30-31(27,28)19(20,21)22)16(17(24)25)23-18(26)29-11-13-5-3-2-4-6-13/h2-10,12,16H,11H2,1H3,(H,23,26)(H,24,25). The Kier molecular flexibility index (Phi) is 7.50. The van der Waals surface area contributed by atoms with Crippen molar-refractivity contribution in [3.8, 4) is 5.75 Å². The van der Waals surface area contributed by atoms with Gasteiger partial charge in [0.1, 0.15) is 18.4 Å². The second-order valence-corrected chi connectivity index (χ2v) is 7.90. The lowest BCUT2D eigenvalue weighted by atomic mass is 9.93. The maximum Gasteiger partial charge on any atom is 0.534 e. The predicted octanol–water partition coefficient (Wildman–Crippen LogP) is 3.40. The van der Waals surface area contributed by atoms with Crippen LogP contribution in [0.15, 0.2) is 54.6 Å². The molecule has 2 aromatic rings. The van der Waals surface area contributed by atoms with Crippen molar-refractivity contribution in [2.75, 3.05) is 0 Å². The van der Waals surface area contributed by atoms with E-state index in [0.29, 0.717) is 11.1 Å². The maximum absolute atomic E-state index is 12.4. The highest BCUT2D eigenvalue weighted by Crippen LogP contribution is 2.28. The smallest absolute Gasteiger partial charge is 0.480 e. The fraction of sp³-hybridized carbons (Fsp3) is 0.263. The molecule has 168 valence electrons. The van der Waals surface area contributed by atoms with Crippen molar-refractivity contribution in [3.63, 3.8) is 0 Å². The number of hydrogen-bond acceptors (Lipinski definition) is 6. The third kappa shape index (κ3) is 6.60. The normalized spacial score (nSPS) is 13.7. The summed E-state index contributed by atoms with van der Waals surface area (Å²) in [5, 5.41) is 11.7. The topological polar surface area (TPSA) is 119 Å². The number of halogens is 3. The van der Waals surface area contributed by atoms with Gasteiger partial charge >= 0.3 is 27.7 Å². The first-order chi connectivity index (χ1) is 14.4. The van der Waals surface area contributed by atoms with Gasteiger partial charge in [0.25, 0.3) is 0 Å². The van der Waals surface area contributed by atoms with Gasteiger partial charge in [-0.25, -0.2) is 9.59 Å². The van der Waals surface area contributed by atoms with Crippen LogP contribution < -0.4 is 9.50 Å². The fourth-order valence-corrected chi connectivity index (χ4v) is 2.94. The van der Waals surface area contributed by atoms with Gasteiger partial charge in [-0.3, -0.25) is 0 Å². The first-order valence-corrected chi connectivity index (χ1v) is 10.1. The number of carboxylic acids is 1. The second-order valence-electron chi connectivity index (χ2n) is 6.36. The lowest BCUT2D eigenvalue weighted by Gasteiger charge is -2.22. The molecule has 0 spiro atoms. The van der Waals surface area contributed by atoms with E-state index in [9.17, 15) is 36.3 Å². The van der Waals surface area contributed by atoms with Crippen LogP contribution in [0, 0.1) is 0 Å². The van der Waals surface area contributed by atoms with Crippen molar-refractivity contribution < 1.29 is 45.2 Å². The summed E-state index contributed by atoms with van der Waals surface area (Å²) in [5.41, 5.74) is -4.59. The predicted molar refractivity (Wildman–Crippen MR) is 102 cm³/mol. The van der Waals surface area contributed by atoms with Gasteiger partial charge in [-0.2, -0.15) is 21.6 Å². The van der Waals surface area contributed by atoms with Crippen LogP contribution >= 0.6 is 0 Å². The molecule has 0 bridgehead atoms. The Balaban J connectivity index is 2.04. The van der Waals surface area contributed by atoms with E-state index in [-0.39, 0.29) is 6.61 Å². The van der Waals surface area contributed by atoms with Gasteiger partial charge in [-0.15, -0.1) is 0 Å². The molecule has 0 radical (unpaired) electrons. The minimum Gasteiger partial charge on any atom is -0.480 e. The number of carbonyl (C=O) groups is 2. The summed E-state index contributed by atoms with van der Waals surface area (Å²) in [6.45, 7) is 1.38. The molecule has 2 rings (SSSR count). The van der Waals surface area contributed by atoms with Gasteiger partial charge in [0.15, 0.2) is 0 Å². The third-order valence-electron chi connectivity index (χ3n) is 4.15. The second kappa shape index (κ2) is 9.69. The van der Waals surface area contributed by atoms with Crippen molar-refractivity contribution in [3.05, 3.63) is 65.7 Å². The Morgan fingerprint density at radius 1 is 1.06 bits per heavy atom. The molecule has 8 nitrogen and oxygen atoms in total. The number of alkyl carbamates (subject to hydrolysis) is 1. The van der Waals surface area contributed by atoms with E-state index in [1.807, 2.05) is 0 Å². The summed E-state index contributed by atoms with van der Waals surface area (Å²) in [7, 11) is -5.83. The molecule has 31 heavy (non-hydrogen) atoms. The van der Waals surface area contributed by atoms with Crippen LogP contribution in [0.1, 0.15) is 24.0 Å². The van der Waals surface area contributed by atoms with E-state index in [1.54, 1.807) is 30.3 Å². The summed E-state index contributed by atoms with van der Waals surface area (Å²) in [6, 6.07) is 11.6. The summed E-state index contributed by atoms with van der Waals surface area (Å²) >= 11 is 0. The molecule has 2 atom stereocenters. The van der Waals surface area contributed by atoms with Gasteiger partial charge in [-0.1, -0.05) is 49.4 Å². The Labute approximate surface area is 175 Å². The molecule has 1 amide bonds. The minimum atomic E-state index is -5.83. The Morgan fingerprint density at radius 2 is 1.65 bits per heavy atom. The number of benzene rings is 2. The molecule has 0 aromatic heterocycles. The van der Waals surface area contributed by atoms with Crippen LogP contribution in [0.5, 0.6) is 5.75 Å². The molecular formula is C19H18F3NO7S. The molecule has 12 heteroatoms. The molecular weight excluding hydrogens is 443 g/mol. The lowest BCUT2D eigenvalue weighted by molar-refractivity contribution is -0.139. The molecule has 0 aliphatic heterocycles. The third-order valence-corrected chi connectivity index (χ3v) is 5.13. The molecule has 0 aliphatic rings. The Morgan fingerprint density at radius 3 is 2.16 bits per heavy atom. The largest absolute Gasteiger partial charge is 0.534 e. The van der Waals surface area contributed by atoms with Gasteiger partial charge in [0.2, 0.25) is 0 Å². The minimum absolute atomic E-state index is 0.0763. The molecule has 0 aliphatic carbocycles. The van der Waals surface area contributed by atoms with Crippen LogP contribution in [0.2, 0.25) is 0 Å². The zero-order valence-electron chi connectivity index (χ0n) is 16.0. The van der Waals surface area contributed by atoms with E-state index in [2.05, 4.69) is 9.50 Å². The summed E-state index contributed by atoms with van der Waals surface area (Å²) in [5.74, 6) is -2.81. The molecule has 0 saturated heterocycles. The number of carboxylic acid groups (broad SMARTS) is 1. The summed E-state index contributed by atoms with van der Waals surface area (Å²) < 4.78 is 68.2. The summed E-state index contributed by atoms with van der Waals surface area (Å²) in [6.07, 6.45) is -0.973. The number of hydrogen-bond donors (Lipinski definition) is 2. The number of amides is 1. The van der Waals surface area contributed by atoms with Crippen LogP contribution in [-0.2, 0) is 26.3 Å². The zero-order valence-corrected chi connectivity index (χ0v) is 16.8. The molecule has 0 saturated carbocycles. The molecule has 2 unspecified atom stereocenters. The van der Waals surface area contributed by atoms with Crippen LogP contribution in [0.25, 0.3) is 0 Å². The molecule has 2 N–H and O–H groups in total. The number of alkyl halides is 3. The first kappa shape index (κ1) is 24.0. The fourth-order valence-electron chi connectivity index (χ4n) is 2.49. The van der Waals surface area contributed by atoms with E-state index < -0.39 is 45.4 Å². The SMILES string of the molecule is CC(c1ccc(OS(=O)(=O)C(F)(F)F)cc1)C(NC(=O)OCc1ccccc1)C(=O)O. The van der Waals surface area contributed by atoms with Crippen LogP contribution in [0.3, 0.4) is 0 Å².